The Morgan fingerprint density at radius 1 is 0.619 bits per heavy atom. The van der Waals surface area contributed by atoms with Crippen LogP contribution < -0.4 is 0 Å². The monoisotopic (exact) mass is 540 g/mol. The number of hydrogen-bond acceptors (Lipinski definition) is 3. The van der Waals surface area contributed by atoms with Gasteiger partial charge in [-0.1, -0.05) is 128 Å². The molecule has 0 amide bonds. The molecule has 0 spiro atoms. The lowest BCUT2D eigenvalue weighted by atomic mass is 9.73. The van der Waals surface area contributed by atoms with E-state index in [2.05, 4.69) is 128 Å². The molecule has 2 unspecified atom stereocenters. The Kier molecular flexibility index (Phi) is 5.82. The smallest absolute Gasteiger partial charge is 0.161 e. The Bertz CT molecular complexity index is 2090. The Morgan fingerprint density at radius 3 is 2.05 bits per heavy atom. The SMILES string of the molecule is CC1C(c2ccccc2)=Cc2c(oc3cccc(-c4nc(-c5ccccc5)c5ccccc5n4)c23)C1c1ccccc1. The van der Waals surface area contributed by atoms with Crippen molar-refractivity contribution in [2.24, 2.45) is 5.92 Å². The minimum absolute atomic E-state index is 0.0825. The molecule has 0 saturated carbocycles. The number of para-hydroxylation sites is 1. The summed E-state index contributed by atoms with van der Waals surface area (Å²) >= 11 is 0. The van der Waals surface area contributed by atoms with Gasteiger partial charge in [0.2, 0.25) is 0 Å². The van der Waals surface area contributed by atoms with E-state index >= 15 is 0 Å². The average Bonchev–Trinajstić information content (AvgIpc) is 3.43. The molecule has 7 aromatic rings. The molecule has 200 valence electrons. The van der Waals surface area contributed by atoms with Crippen LogP contribution in [0.15, 0.2) is 138 Å². The number of aromatic nitrogens is 2. The van der Waals surface area contributed by atoms with Crippen LogP contribution in [-0.2, 0) is 0 Å². The third-order valence-corrected chi connectivity index (χ3v) is 8.51. The van der Waals surface area contributed by atoms with Gasteiger partial charge in [-0.3, -0.25) is 0 Å². The van der Waals surface area contributed by atoms with Gasteiger partial charge in [-0.05, 0) is 40.8 Å². The van der Waals surface area contributed by atoms with Crippen LogP contribution in [0.25, 0.3) is 56.2 Å². The van der Waals surface area contributed by atoms with Gasteiger partial charge in [0, 0.05) is 33.4 Å². The summed E-state index contributed by atoms with van der Waals surface area (Å²) < 4.78 is 6.78. The number of fused-ring (bicyclic) bond motifs is 4. The van der Waals surface area contributed by atoms with Crippen molar-refractivity contribution in [2.75, 3.05) is 0 Å². The fourth-order valence-corrected chi connectivity index (χ4v) is 6.54. The first-order valence-electron chi connectivity index (χ1n) is 14.5. The zero-order valence-corrected chi connectivity index (χ0v) is 23.2. The highest BCUT2D eigenvalue weighted by atomic mass is 16.3. The molecule has 0 aliphatic heterocycles. The lowest BCUT2D eigenvalue weighted by molar-refractivity contribution is 0.475. The normalized spacial score (nSPS) is 16.4. The van der Waals surface area contributed by atoms with Gasteiger partial charge in [-0.15, -0.1) is 0 Å². The van der Waals surface area contributed by atoms with E-state index in [0.29, 0.717) is 5.82 Å². The molecule has 3 heteroatoms. The summed E-state index contributed by atoms with van der Waals surface area (Å²) in [4.78, 5) is 10.3. The van der Waals surface area contributed by atoms with Crippen molar-refractivity contribution in [1.82, 2.24) is 9.97 Å². The zero-order chi connectivity index (χ0) is 28.0. The minimum Gasteiger partial charge on any atom is -0.460 e. The first-order valence-corrected chi connectivity index (χ1v) is 14.5. The molecule has 3 nitrogen and oxygen atoms in total. The zero-order valence-electron chi connectivity index (χ0n) is 23.2. The van der Waals surface area contributed by atoms with E-state index < -0.39 is 0 Å². The number of hydrogen-bond donors (Lipinski definition) is 0. The van der Waals surface area contributed by atoms with E-state index in [1.807, 2.05) is 18.2 Å². The second-order valence-electron chi connectivity index (χ2n) is 11.0. The molecule has 8 rings (SSSR count). The number of rotatable bonds is 4. The molecular weight excluding hydrogens is 512 g/mol. The molecule has 42 heavy (non-hydrogen) atoms. The standard InChI is InChI=1S/C39H28N2O/c1-25-31(26-14-5-2-6-15-26)24-32-36-30(21-13-23-34(36)42-38(32)35(25)27-16-7-3-8-17-27)39-40-33-22-12-11-20-29(33)37(41-39)28-18-9-4-10-19-28/h2-25,35H,1H3. The fraction of sp³-hybridized carbons (Fsp3) is 0.0769. The highest BCUT2D eigenvalue weighted by molar-refractivity contribution is 6.05. The molecule has 1 aliphatic rings. The van der Waals surface area contributed by atoms with Crippen LogP contribution in [-0.4, -0.2) is 9.97 Å². The quantitative estimate of drug-likeness (QED) is 0.223. The molecule has 0 fully saturated rings. The van der Waals surface area contributed by atoms with Crippen molar-refractivity contribution in [3.05, 3.63) is 156 Å². The van der Waals surface area contributed by atoms with Crippen LogP contribution in [0.5, 0.6) is 0 Å². The summed E-state index contributed by atoms with van der Waals surface area (Å²) in [6.45, 7) is 2.31. The van der Waals surface area contributed by atoms with E-state index in [9.17, 15) is 0 Å². The highest BCUT2D eigenvalue weighted by Gasteiger charge is 2.35. The van der Waals surface area contributed by atoms with Crippen molar-refractivity contribution in [3.63, 3.8) is 0 Å². The van der Waals surface area contributed by atoms with Gasteiger partial charge in [-0.2, -0.15) is 0 Å². The predicted molar refractivity (Wildman–Crippen MR) is 172 cm³/mol. The maximum absolute atomic E-state index is 6.78. The molecule has 2 heterocycles. The summed E-state index contributed by atoms with van der Waals surface area (Å²) in [6, 6.07) is 46.3. The fourth-order valence-electron chi connectivity index (χ4n) is 6.54. The predicted octanol–water partition coefficient (Wildman–Crippen LogP) is 10.0. The van der Waals surface area contributed by atoms with E-state index in [1.165, 1.54) is 16.7 Å². The first kappa shape index (κ1) is 24.5. The van der Waals surface area contributed by atoms with Gasteiger partial charge in [0.05, 0.1) is 11.2 Å². The Morgan fingerprint density at radius 2 is 1.29 bits per heavy atom. The van der Waals surface area contributed by atoms with Crippen LogP contribution in [0.2, 0.25) is 0 Å². The van der Waals surface area contributed by atoms with Crippen LogP contribution in [0, 0.1) is 5.92 Å². The topological polar surface area (TPSA) is 38.9 Å². The molecule has 2 aromatic heterocycles. The molecule has 1 aliphatic carbocycles. The minimum atomic E-state index is 0.0825. The maximum atomic E-state index is 6.78. The van der Waals surface area contributed by atoms with E-state index in [-0.39, 0.29) is 11.8 Å². The second kappa shape index (κ2) is 9.97. The first-order chi connectivity index (χ1) is 20.8. The molecule has 2 atom stereocenters. The number of furan rings is 1. The van der Waals surface area contributed by atoms with E-state index in [1.54, 1.807) is 0 Å². The van der Waals surface area contributed by atoms with Gasteiger partial charge in [-0.25, -0.2) is 9.97 Å². The van der Waals surface area contributed by atoms with Crippen molar-refractivity contribution >= 4 is 33.5 Å². The Labute approximate surface area is 244 Å². The van der Waals surface area contributed by atoms with Gasteiger partial charge in [0.1, 0.15) is 11.3 Å². The van der Waals surface area contributed by atoms with Crippen molar-refractivity contribution in [3.8, 4) is 22.6 Å². The molecule has 0 saturated heterocycles. The molecule has 0 bridgehead atoms. The molecular formula is C39H28N2O. The summed E-state index contributed by atoms with van der Waals surface area (Å²) in [6.07, 6.45) is 2.34. The Balaban J connectivity index is 1.42. The maximum Gasteiger partial charge on any atom is 0.161 e. The summed E-state index contributed by atoms with van der Waals surface area (Å²) in [5, 5.41) is 2.10. The van der Waals surface area contributed by atoms with Gasteiger partial charge in [0.15, 0.2) is 5.82 Å². The largest absolute Gasteiger partial charge is 0.460 e. The number of allylic oxidation sites excluding steroid dienone is 1. The van der Waals surface area contributed by atoms with Gasteiger partial charge < -0.3 is 4.42 Å². The van der Waals surface area contributed by atoms with Crippen molar-refractivity contribution in [2.45, 2.75) is 12.8 Å². The lowest BCUT2D eigenvalue weighted by Gasteiger charge is -2.30. The summed E-state index contributed by atoms with van der Waals surface area (Å²) in [7, 11) is 0. The number of nitrogens with zero attached hydrogens (tertiary/aromatic N) is 2. The van der Waals surface area contributed by atoms with E-state index in [4.69, 9.17) is 14.4 Å². The lowest BCUT2D eigenvalue weighted by Crippen LogP contribution is -2.17. The van der Waals surface area contributed by atoms with Crippen molar-refractivity contribution in [1.29, 1.82) is 0 Å². The Hall–Kier alpha value is -5.28. The molecule has 0 N–H and O–H groups in total. The van der Waals surface area contributed by atoms with Gasteiger partial charge in [0.25, 0.3) is 0 Å². The van der Waals surface area contributed by atoms with Crippen LogP contribution in [0.3, 0.4) is 0 Å². The summed E-state index contributed by atoms with van der Waals surface area (Å²) in [5.41, 5.74) is 9.67. The molecule has 5 aromatic carbocycles. The number of benzene rings is 5. The average molecular weight is 541 g/mol. The van der Waals surface area contributed by atoms with E-state index in [0.717, 1.165) is 50.0 Å². The molecule has 0 radical (unpaired) electrons. The second-order valence-corrected chi connectivity index (χ2v) is 11.0. The van der Waals surface area contributed by atoms with Crippen LogP contribution in [0.1, 0.15) is 35.3 Å². The van der Waals surface area contributed by atoms with Gasteiger partial charge >= 0.3 is 0 Å². The van der Waals surface area contributed by atoms with Crippen LogP contribution in [0.4, 0.5) is 0 Å². The highest BCUT2D eigenvalue weighted by Crippen LogP contribution is 2.50. The van der Waals surface area contributed by atoms with Crippen LogP contribution >= 0.6 is 0 Å². The van der Waals surface area contributed by atoms with Crippen molar-refractivity contribution < 1.29 is 4.42 Å². The third-order valence-electron chi connectivity index (χ3n) is 8.51. The third kappa shape index (κ3) is 3.97. The summed E-state index contributed by atoms with van der Waals surface area (Å²) in [5.74, 6) is 2.01.